The predicted octanol–water partition coefficient (Wildman–Crippen LogP) is 2.22. The lowest BCUT2D eigenvalue weighted by Crippen LogP contribution is -2.15. The van der Waals surface area contributed by atoms with Gasteiger partial charge in [0.15, 0.2) is 0 Å². The highest BCUT2D eigenvalue weighted by Crippen LogP contribution is 2.37. The van der Waals surface area contributed by atoms with Crippen LogP contribution in [0.2, 0.25) is 0 Å². The molecule has 92 valence electrons. The van der Waals surface area contributed by atoms with Gasteiger partial charge >= 0.3 is 5.97 Å². The fraction of sp³-hybridized carbons (Fsp3) is 0.500. The maximum atomic E-state index is 11.3. The standard InChI is InChI=1S/C14H19NO2/c1-3-7-13(16)17-10-12-14(2,15-12)11-8-5-4-6-9-11/h4-6,8-9,12,15H,3,7,10H2,1-2H3/t12-,14-/m0/s1. The molecule has 1 saturated heterocycles. The second kappa shape index (κ2) is 4.88. The van der Waals surface area contributed by atoms with Gasteiger partial charge in [-0.2, -0.15) is 0 Å². The molecular formula is C14H19NO2. The molecule has 2 rings (SSSR count). The van der Waals surface area contributed by atoms with Crippen LogP contribution in [0.1, 0.15) is 32.3 Å². The molecular weight excluding hydrogens is 214 g/mol. The molecule has 1 aliphatic heterocycles. The van der Waals surface area contributed by atoms with Crippen molar-refractivity contribution in [1.29, 1.82) is 0 Å². The normalized spacial score (nSPS) is 26.6. The molecule has 0 saturated carbocycles. The Bertz CT molecular complexity index is 390. The Balaban J connectivity index is 1.85. The summed E-state index contributed by atoms with van der Waals surface area (Å²) in [6.45, 7) is 4.58. The molecule has 1 N–H and O–H groups in total. The topological polar surface area (TPSA) is 48.2 Å². The van der Waals surface area contributed by atoms with Gasteiger partial charge in [0.05, 0.1) is 11.6 Å². The Kier molecular flexibility index (Phi) is 3.48. The van der Waals surface area contributed by atoms with Crippen LogP contribution in [0.25, 0.3) is 0 Å². The summed E-state index contributed by atoms with van der Waals surface area (Å²) in [5.41, 5.74) is 1.21. The number of carbonyl (C=O) groups excluding carboxylic acids is 1. The third-order valence-corrected chi connectivity index (χ3v) is 3.33. The van der Waals surface area contributed by atoms with Crippen molar-refractivity contribution in [3.8, 4) is 0 Å². The molecule has 3 nitrogen and oxygen atoms in total. The van der Waals surface area contributed by atoms with Gasteiger partial charge in [-0.15, -0.1) is 0 Å². The van der Waals surface area contributed by atoms with Gasteiger partial charge in [0.25, 0.3) is 0 Å². The molecule has 0 amide bonds. The minimum Gasteiger partial charge on any atom is -0.464 e. The van der Waals surface area contributed by atoms with E-state index in [0.29, 0.717) is 13.0 Å². The fourth-order valence-corrected chi connectivity index (χ4v) is 2.05. The van der Waals surface area contributed by atoms with E-state index in [1.165, 1.54) is 5.56 Å². The molecule has 0 spiro atoms. The number of esters is 1. The quantitative estimate of drug-likeness (QED) is 0.626. The highest BCUT2D eigenvalue weighted by molar-refractivity contribution is 5.69. The van der Waals surface area contributed by atoms with E-state index in [-0.39, 0.29) is 17.6 Å². The number of rotatable bonds is 5. The molecule has 17 heavy (non-hydrogen) atoms. The largest absolute Gasteiger partial charge is 0.464 e. The number of ether oxygens (including phenoxy) is 1. The average molecular weight is 233 g/mol. The molecule has 0 aliphatic carbocycles. The van der Waals surface area contributed by atoms with E-state index in [2.05, 4.69) is 24.4 Å². The summed E-state index contributed by atoms with van der Waals surface area (Å²) in [5, 5.41) is 3.38. The summed E-state index contributed by atoms with van der Waals surface area (Å²) >= 11 is 0. The van der Waals surface area contributed by atoms with Crippen LogP contribution in [0.4, 0.5) is 0 Å². The van der Waals surface area contributed by atoms with Gasteiger partial charge in [0, 0.05) is 6.42 Å². The van der Waals surface area contributed by atoms with Crippen LogP contribution in [0, 0.1) is 0 Å². The second-order valence-electron chi connectivity index (χ2n) is 4.70. The summed E-state index contributed by atoms with van der Waals surface area (Å²) in [7, 11) is 0. The smallest absolute Gasteiger partial charge is 0.305 e. The van der Waals surface area contributed by atoms with Gasteiger partial charge in [-0.05, 0) is 18.9 Å². The molecule has 1 aromatic rings. The van der Waals surface area contributed by atoms with E-state index in [0.717, 1.165) is 6.42 Å². The Hall–Kier alpha value is -1.35. The van der Waals surface area contributed by atoms with E-state index in [9.17, 15) is 4.79 Å². The SMILES string of the molecule is CCCC(=O)OC[C@@H]1N[C@@]1(C)c1ccccc1. The Morgan fingerprint density at radius 1 is 1.41 bits per heavy atom. The number of carbonyl (C=O) groups is 1. The zero-order valence-corrected chi connectivity index (χ0v) is 10.4. The van der Waals surface area contributed by atoms with Crippen LogP contribution in [0.5, 0.6) is 0 Å². The third-order valence-electron chi connectivity index (χ3n) is 3.33. The number of hydrogen-bond donors (Lipinski definition) is 1. The van der Waals surface area contributed by atoms with Crippen molar-refractivity contribution < 1.29 is 9.53 Å². The van der Waals surface area contributed by atoms with E-state index < -0.39 is 0 Å². The van der Waals surface area contributed by atoms with Gasteiger partial charge in [-0.25, -0.2) is 0 Å². The van der Waals surface area contributed by atoms with Crippen molar-refractivity contribution in [3.63, 3.8) is 0 Å². The van der Waals surface area contributed by atoms with Crippen LogP contribution in [0.15, 0.2) is 30.3 Å². The van der Waals surface area contributed by atoms with Gasteiger partial charge in [0.2, 0.25) is 0 Å². The zero-order valence-electron chi connectivity index (χ0n) is 10.4. The minimum absolute atomic E-state index is 0.0340. The third kappa shape index (κ3) is 2.67. The summed E-state index contributed by atoms with van der Waals surface area (Å²) < 4.78 is 5.22. The Morgan fingerprint density at radius 2 is 2.12 bits per heavy atom. The van der Waals surface area contributed by atoms with Crippen molar-refractivity contribution >= 4 is 5.97 Å². The van der Waals surface area contributed by atoms with E-state index in [4.69, 9.17) is 4.74 Å². The minimum atomic E-state index is -0.100. The van der Waals surface area contributed by atoms with Gasteiger partial charge in [0.1, 0.15) is 6.61 Å². The second-order valence-corrected chi connectivity index (χ2v) is 4.70. The lowest BCUT2D eigenvalue weighted by Gasteiger charge is -2.09. The first-order valence-electron chi connectivity index (χ1n) is 6.15. The van der Waals surface area contributed by atoms with Crippen LogP contribution in [-0.2, 0) is 15.1 Å². The van der Waals surface area contributed by atoms with Gasteiger partial charge < -0.3 is 4.74 Å². The molecule has 0 bridgehead atoms. The van der Waals surface area contributed by atoms with Crippen molar-refractivity contribution in [1.82, 2.24) is 5.32 Å². The fourth-order valence-electron chi connectivity index (χ4n) is 2.05. The lowest BCUT2D eigenvalue weighted by atomic mass is 9.97. The van der Waals surface area contributed by atoms with E-state index >= 15 is 0 Å². The van der Waals surface area contributed by atoms with Crippen LogP contribution >= 0.6 is 0 Å². The van der Waals surface area contributed by atoms with Crippen LogP contribution < -0.4 is 5.32 Å². The summed E-state index contributed by atoms with van der Waals surface area (Å²) in [6, 6.07) is 10.5. The Morgan fingerprint density at radius 3 is 2.76 bits per heavy atom. The molecule has 0 radical (unpaired) electrons. The van der Waals surface area contributed by atoms with Crippen molar-refractivity contribution in [2.45, 2.75) is 38.3 Å². The number of benzene rings is 1. The van der Waals surface area contributed by atoms with Crippen molar-refractivity contribution in [2.24, 2.45) is 0 Å². The predicted molar refractivity (Wildman–Crippen MR) is 66.6 cm³/mol. The molecule has 3 heteroatoms. The molecule has 1 fully saturated rings. The first-order chi connectivity index (χ1) is 8.16. The van der Waals surface area contributed by atoms with Gasteiger partial charge in [-0.1, -0.05) is 37.3 Å². The van der Waals surface area contributed by atoms with E-state index in [1.54, 1.807) is 0 Å². The summed E-state index contributed by atoms with van der Waals surface area (Å²) in [5.74, 6) is -0.100. The maximum absolute atomic E-state index is 11.3. The lowest BCUT2D eigenvalue weighted by molar-refractivity contribution is -0.143. The number of nitrogens with one attached hydrogen (secondary N) is 1. The van der Waals surface area contributed by atoms with Crippen LogP contribution in [-0.4, -0.2) is 18.6 Å². The summed E-state index contributed by atoms with van der Waals surface area (Å²) in [4.78, 5) is 11.3. The molecule has 1 heterocycles. The highest BCUT2D eigenvalue weighted by Gasteiger charge is 2.51. The highest BCUT2D eigenvalue weighted by atomic mass is 16.5. The monoisotopic (exact) mass is 233 g/mol. The van der Waals surface area contributed by atoms with E-state index in [1.807, 2.05) is 25.1 Å². The number of hydrogen-bond acceptors (Lipinski definition) is 3. The maximum Gasteiger partial charge on any atom is 0.305 e. The molecule has 0 aromatic heterocycles. The van der Waals surface area contributed by atoms with Crippen LogP contribution in [0.3, 0.4) is 0 Å². The molecule has 2 atom stereocenters. The van der Waals surface area contributed by atoms with Crippen molar-refractivity contribution in [3.05, 3.63) is 35.9 Å². The molecule has 0 unspecified atom stereocenters. The Labute approximate surface area is 102 Å². The first-order valence-corrected chi connectivity index (χ1v) is 6.15. The first kappa shape index (κ1) is 12.1. The van der Waals surface area contributed by atoms with Crippen molar-refractivity contribution in [2.75, 3.05) is 6.61 Å². The van der Waals surface area contributed by atoms with Gasteiger partial charge in [-0.3, -0.25) is 10.1 Å². The zero-order chi connectivity index (χ0) is 12.3. The molecule has 1 aromatic carbocycles. The summed E-state index contributed by atoms with van der Waals surface area (Å²) in [6.07, 6.45) is 1.35. The molecule has 1 aliphatic rings. The average Bonchev–Trinajstić information content (AvgIpc) is 3.01.